The lowest BCUT2D eigenvalue weighted by Crippen LogP contribution is -2.47. The largest absolute Gasteiger partial charge is 0.336 e. The molecule has 6 nitrogen and oxygen atoms in total. The second kappa shape index (κ2) is 7.43. The number of nitrogens with zero attached hydrogens (tertiary/aromatic N) is 3. The molecule has 0 aromatic heterocycles. The monoisotopic (exact) mass is 365 g/mol. The highest BCUT2D eigenvalue weighted by Gasteiger charge is 2.30. The average Bonchev–Trinajstić information content (AvgIpc) is 3.10. The number of amides is 1. The van der Waals surface area contributed by atoms with Crippen LogP contribution in [0.1, 0.15) is 36.5 Å². The first kappa shape index (κ1) is 18.4. The Bertz CT molecular complexity index is 727. The topological polar surface area (TPSA) is 60.9 Å². The first-order chi connectivity index (χ1) is 11.9. The van der Waals surface area contributed by atoms with Crippen LogP contribution in [0.15, 0.2) is 29.2 Å². The van der Waals surface area contributed by atoms with Crippen molar-refractivity contribution in [2.45, 2.75) is 37.1 Å². The van der Waals surface area contributed by atoms with Gasteiger partial charge in [0.15, 0.2) is 0 Å². The van der Waals surface area contributed by atoms with E-state index in [4.69, 9.17) is 0 Å². The molecule has 0 saturated carbocycles. The van der Waals surface area contributed by atoms with Crippen molar-refractivity contribution in [2.75, 3.05) is 39.8 Å². The van der Waals surface area contributed by atoms with Crippen molar-refractivity contribution in [3.8, 4) is 0 Å². The molecule has 138 valence electrons. The summed E-state index contributed by atoms with van der Waals surface area (Å²) < 4.78 is 27.3. The molecule has 2 heterocycles. The third kappa shape index (κ3) is 3.73. The lowest BCUT2D eigenvalue weighted by atomic mass is 10.1. The fourth-order valence-corrected chi connectivity index (χ4v) is 5.13. The minimum atomic E-state index is -3.55. The Morgan fingerprint density at radius 1 is 1.16 bits per heavy atom. The third-order valence-corrected chi connectivity index (χ3v) is 7.18. The molecule has 2 fully saturated rings. The van der Waals surface area contributed by atoms with Crippen LogP contribution in [0, 0.1) is 0 Å². The van der Waals surface area contributed by atoms with Gasteiger partial charge in [-0.2, -0.15) is 4.31 Å². The Morgan fingerprint density at radius 3 is 2.56 bits per heavy atom. The summed E-state index contributed by atoms with van der Waals surface area (Å²) in [7, 11) is -1.56. The van der Waals surface area contributed by atoms with Gasteiger partial charge in [-0.15, -0.1) is 0 Å². The second-order valence-corrected chi connectivity index (χ2v) is 8.88. The molecule has 1 atom stereocenters. The number of likely N-dealkylation sites (tertiary alicyclic amines) is 1. The molecule has 1 aromatic rings. The van der Waals surface area contributed by atoms with Gasteiger partial charge in [0.2, 0.25) is 10.0 Å². The molecule has 3 rings (SSSR count). The number of hydrogen-bond donors (Lipinski definition) is 0. The predicted octanol–water partition coefficient (Wildman–Crippen LogP) is 1.64. The zero-order valence-corrected chi connectivity index (χ0v) is 15.8. The van der Waals surface area contributed by atoms with Crippen LogP contribution in [0.4, 0.5) is 0 Å². The standard InChI is InChI=1S/C18H27N3O3S/c1-3-16-7-5-9-21(16)18(22)15-6-4-8-17(14-15)25(23,24)20-12-10-19(2)11-13-20/h4,6,8,14,16H,3,5,7,9-13H2,1-2H3. The Kier molecular flexibility index (Phi) is 5.46. The van der Waals surface area contributed by atoms with Gasteiger partial charge in [-0.05, 0) is 44.5 Å². The summed E-state index contributed by atoms with van der Waals surface area (Å²) >= 11 is 0. The van der Waals surface area contributed by atoms with E-state index in [2.05, 4.69) is 11.8 Å². The Balaban J connectivity index is 1.82. The molecule has 1 aromatic carbocycles. The van der Waals surface area contributed by atoms with Crippen molar-refractivity contribution in [3.05, 3.63) is 29.8 Å². The van der Waals surface area contributed by atoms with Crippen LogP contribution in [-0.2, 0) is 10.0 Å². The summed E-state index contributed by atoms with van der Waals surface area (Å²) in [6, 6.07) is 6.79. The summed E-state index contributed by atoms with van der Waals surface area (Å²) in [4.78, 5) is 17.0. The normalized spacial score (nSPS) is 23.1. The number of piperazine rings is 1. The molecule has 2 aliphatic heterocycles. The van der Waals surface area contributed by atoms with Crippen LogP contribution in [0.2, 0.25) is 0 Å². The maximum absolute atomic E-state index is 12.9. The van der Waals surface area contributed by atoms with Gasteiger partial charge in [0.25, 0.3) is 5.91 Å². The van der Waals surface area contributed by atoms with Crippen LogP contribution >= 0.6 is 0 Å². The third-order valence-electron chi connectivity index (χ3n) is 5.29. The zero-order chi connectivity index (χ0) is 18.0. The summed E-state index contributed by atoms with van der Waals surface area (Å²) in [5.74, 6) is -0.0558. The zero-order valence-electron chi connectivity index (χ0n) is 15.0. The maximum Gasteiger partial charge on any atom is 0.254 e. The lowest BCUT2D eigenvalue weighted by molar-refractivity contribution is 0.0733. The second-order valence-electron chi connectivity index (χ2n) is 6.94. The maximum atomic E-state index is 12.9. The predicted molar refractivity (Wildman–Crippen MR) is 97.0 cm³/mol. The minimum absolute atomic E-state index is 0.0558. The van der Waals surface area contributed by atoms with Gasteiger partial charge in [-0.25, -0.2) is 8.42 Å². The molecule has 0 spiro atoms. The average molecular weight is 365 g/mol. The highest BCUT2D eigenvalue weighted by Crippen LogP contribution is 2.24. The number of benzene rings is 1. The minimum Gasteiger partial charge on any atom is -0.336 e. The van der Waals surface area contributed by atoms with Crippen molar-refractivity contribution < 1.29 is 13.2 Å². The van der Waals surface area contributed by atoms with E-state index in [0.29, 0.717) is 18.7 Å². The Labute approximate surface area is 150 Å². The Hall–Kier alpha value is -1.44. The van der Waals surface area contributed by atoms with E-state index in [-0.39, 0.29) is 16.8 Å². The van der Waals surface area contributed by atoms with Crippen molar-refractivity contribution in [1.29, 1.82) is 0 Å². The summed E-state index contributed by atoms with van der Waals surface area (Å²) in [5.41, 5.74) is 0.468. The van der Waals surface area contributed by atoms with Gasteiger partial charge in [0.05, 0.1) is 4.90 Å². The van der Waals surface area contributed by atoms with Crippen molar-refractivity contribution in [1.82, 2.24) is 14.1 Å². The summed E-state index contributed by atoms with van der Waals surface area (Å²) in [6.45, 7) is 5.27. The fraction of sp³-hybridized carbons (Fsp3) is 0.611. The smallest absolute Gasteiger partial charge is 0.254 e. The molecular formula is C18H27N3O3S. The molecule has 0 radical (unpaired) electrons. The fourth-order valence-electron chi connectivity index (χ4n) is 3.66. The van der Waals surface area contributed by atoms with Crippen LogP contribution < -0.4 is 0 Å². The van der Waals surface area contributed by atoms with Crippen LogP contribution in [0.5, 0.6) is 0 Å². The quantitative estimate of drug-likeness (QED) is 0.814. The first-order valence-corrected chi connectivity index (χ1v) is 10.5. The molecule has 7 heteroatoms. The number of rotatable bonds is 4. The number of carbonyl (C=O) groups is 1. The molecule has 0 aliphatic carbocycles. The molecule has 2 aliphatic rings. The SMILES string of the molecule is CCC1CCCN1C(=O)c1cccc(S(=O)(=O)N2CCN(C)CC2)c1. The lowest BCUT2D eigenvalue weighted by Gasteiger charge is -2.31. The molecule has 25 heavy (non-hydrogen) atoms. The number of likely N-dealkylation sites (N-methyl/N-ethyl adjacent to an activating group) is 1. The van der Waals surface area contributed by atoms with E-state index in [9.17, 15) is 13.2 Å². The summed E-state index contributed by atoms with van der Waals surface area (Å²) in [5, 5.41) is 0. The molecule has 2 saturated heterocycles. The van der Waals surface area contributed by atoms with Crippen LogP contribution in [0.3, 0.4) is 0 Å². The number of sulfonamides is 1. The number of hydrogen-bond acceptors (Lipinski definition) is 4. The van der Waals surface area contributed by atoms with E-state index < -0.39 is 10.0 Å². The molecular weight excluding hydrogens is 338 g/mol. The van der Waals surface area contributed by atoms with E-state index in [1.807, 2.05) is 11.9 Å². The first-order valence-electron chi connectivity index (χ1n) is 9.03. The van der Waals surface area contributed by atoms with E-state index >= 15 is 0 Å². The molecule has 1 unspecified atom stereocenters. The van der Waals surface area contributed by atoms with E-state index in [1.165, 1.54) is 4.31 Å². The molecule has 0 N–H and O–H groups in total. The van der Waals surface area contributed by atoms with Crippen molar-refractivity contribution >= 4 is 15.9 Å². The Morgan fingerprint density at radius 2 is 1.88 bits per heavy atom. The molecule has 0 bridgehead atoms. The van der Waals surface area contributed by atoms with Gasteiger partial charge in [-0.3, -0.25) is 4.79 Å². The highest BCUT2D eigenvalue weighted by molar-refractivity contribution is 7.89. The number of carbonyl (C=O) groups excluding carboxylic acids is 1. The van der Waals surface area contributed by atoms with Gasteiger partial charge in [0, 0.05) is 44.3 Å². The van der Waals surface area contributed by atoms with Gasteiger partial charge >= 0.3 is 0 Å². The van der Waals surface area contributed by atoms with Gasteiger partial charge in [-0.1, -0.05) is 13.0 Å². The van der Waals surface area contributed by atoms with Crippen molar-refractivity contribution in [3.63, 3.8) is 0 Å². The van der Waals surface area contributed by atoms with E-state index in [1.54, 1.807) is 24.3 Å². The van der Waals surface area contributed by atoms with Gasteiger partial charge in [0.1, 0.15) is 0 Å². The van der Waals surface area contributed by atoms with Crippen molar-refractivity contribution in [2.24, 2.45) is 0 Å². The van der Waals surface area contributed by atoms with Crippen LogP contribution in [-0.4, -0.2) is 74.2 Å². The van der Waals surface area contributed by atoms with Crippen LogP contribution in [0.25, 0.3) is 0 Å². The van der Waals surface area contributed by atoms with Gasteiger partial charge < -0.3 is 9.80 Å². The highest BCUT2D eigenvalue weighted by atomic mass is 32.2. The summed E-state index contributed by atoms with van der Waals surface area (Å²) in [6.07, 6.45) is 2.98. The van der Waals surface area contributed by atoms with E-state index in [0.717, 1.165) is 38.9 Å². The molecule has 1 amide bonds.